The summed E-state index contributed by atoms with van der Waals surface area (Å²) in [7, 11) is 6.37. The Morgan fingerprint density at radius 3 is 1.84 bits per heavy atom. The van der Waals surface area contributed by atoms with Gasteiger partial charge in [0.1, 0.15) is 0 Å². The highest BCUT2D eigenvalue weighted by Crippen LogP contribution is 2.43. The Labute approximate surface area is 186 Å². The third kappa shape index (κ3) is 3.79. The molecule has 0 radical (unpaired) electrons. The van der Waals surface area contributed by atoms with E-state index in [1.807, 2.05) is 24.3 Å². The number of nitroso groups, excluding NO2 is 1. The zero-order chi connectivity index (χ0) is 22.8. The maximum absolute atomic E-state index is 12.6. The molecule has 9 heteroatoms. The molecule has 2 unspecified atom stereocenters. The number of amides is 2. The van der Waals surface area contributed by atoms with E-state index in [-0.39, 0.29) is 18.4 Å². The van der Waals surface area contributed by atoms with Crippen LogP contribution in [0.3, 0.4) is 0 Å². The van der Waals surface area contributed by atoms with Gasteiger partial charge in [0.25, 0.3) is 0 Å². The molecule has 1 N–H and O–H groups in total. The lowest BCUT2D eigenvalue weighted by atomic mass is 9.77. The normalized spacial score (nSPS) is 17.6. The molecule has 2 aliphatic rings. The van der Waals surface area contributed by atoms with Crippen LogP contribution in [-0.2, 0) is 12.8 Å². The first kappa shape index (κ1) is 21.7. The molecule has 9 nitrogen and oxygen atoms in total. The molecular formula is C23H27N3O6. The van der Waals surface area contributed by atoms with Gasteiger partial charge in [0, 0.05) is 18.4 Å². The van der Waals surface area contributed by atoms with Gasteiger partial charge in [-0.3, -0.25) is 0 Å². The van der Waals surface area contributed by atoms with Crippen molar-refractivity contribution < 1.29 is 23.7 Å². The van der Waals surface area contributed by atoms with E-state index in [4.69, 9.17) is 18.9 Å². The fourth-order valence-corrected chi connectivity index (χ4v) is 4.48. The number of benzene rings is 2. The number of hydrogen-bond acceptors (Lipinski definition) is 7. The number of nitrogens with one attached hydrogen (secondary N) is 1. The molecule has 0 bridgehead atoms. The summed E-state index contributed by atoms with van der Waals surface area (Å²) < 4.78 is 21.4. The molecule has 2 aliphatic carbocycles. The summed E-state index contributed by atoms with van der Waals surface area (Å²) >= 11 is 0. The fraction of sp³-hybridized carbons (Fsp3) is 0.435. The van der Waals surface area contributed by atoms with Crippen LogP contribution in [-0.4, -0.2) is 52.6 Å². The SMILES string of the molecule is COc1cc2c(cc1OC)C(CNC(=O)N(CC1Cc3cc(OC)c(OC)cc31)N=O)C2. The third-order valence-electron chi connectivity index (χ3n) is 6.33. The molecule has 2 aromatic rings. The molecule has 2 atom stereocenters. The summed E-state index contributed by atoms with van der Waals surface area (Å²) in [5.74, 6) is 2.83. The molecule has 0 heterocycles. The Balaban J connectivity index is 1.35. The van der Waals surface area contributed by atoms with Crippen molar-refractivity contribution in [2.45, 2.75) is 24.7 Å². The molecule has 0 aromatic heterocycles. The summed E-state index contributed by atoms with van der Waals surface area (Å²) in [5, 5.41) is 6.75. The lowest BCUT2D eigenvalue weighted by Gasteiger charge is -2.34. The van der Waals surface area contributed by atoms with Crippen molar-refractivity contribution >= 4 is 6.03 Å². The van der Waals surface area contributed by atoms with Crippen LogP contribution < -0.4 is 24.3 Å². The molecule has 2 aromatic carbocycles. The number of fused-ring (bicyclic) bond motifs is 2. The number of ether oxygens (including phenoxy) is 4. The van der Waals surface area contributed by atoms with Crippen LogP contribution in [0.5, 0.6) is 23.0 Å². The first-order valence-electron chi connectivity index (χ1n) is 10.4. The number of urea groups is 1. The summed E-state index contributed by atoms with van der Waals surface area (Å²) in [6.45, 7) is 0.629. The number of nitrogens with zero attached hydrogens (tertiary/aromatic N) is 2. The van der Waals surface area contributed by atoms with Crippen molar-refractivity contribution in [3.05, 3.63) is 51.4 Å². The largest absolute Gasteiger partial charge is 0.493 e. The third-order valence-corrected chi connectivity index (χ3v) is 6.33. The molecule has 0 aliphatic heterocycles. The molecule has 0 fully saturated rings. The van der Waals surface area contributed by atoms with Crippen LogP contribution in [0.25, 0.3) is 0 Å². The van der Waals surface area contributed by atoms with E-state index < -0.39 is 6.03 Å². The van der Waals surface area contributed by atoms with Crippen molar-refractivity contribution in [3.63, 3.8) is 0 Å². The Kier molecular flexibility index (Phi) is 6.07. The van der Waals surface area contributed by atoms with E-state index in [0.29, 0.717) is 29.5 Å². The van der Waals surface area contributed by atoms with Gasteiger partial charge in [-0.15, -0.1) is 4.91 Å². The number of carbonyl (C=O) groups excluding carboxylic acids is 1. The summed E-state index contributed by atoms with van der Waals surface area (Å²) in [5.41, 5.74) is 4.44. The van der Waals surface area contributed by atoms with E-state index >= 15 is 0 Å². The number of methoxy groups -OCH3 is 4. The molecule has 32 heavy (non-hydrogen) atoms. The minimum Gasteiger partial charge on any atom is -0.493 e. The summed E-state index contributed by atoms with van der Waals surface area (Å²) in [4.78, 5) is 24.0. The maximum Gasteiger partial charge on any atom is 0.340 e. The number of carbonyl (C=O) groups is 1. The van der Waals surface area contributed by atoms with Crippen LogP contribution in [0.2, 0.25) is 0 Å². The van der Waals surface area contributed by atoms with E-state index in [1.165, 1.54) is 5.56 Å². The van der Waals surface area contributed by atoms with Gasteiger partial charge in [0.2, 0.25) is 0 Å². The van der Waals surface area contributed by atoms with Gasteiger partial charge in [-0.05, 0) is 59.4 Å². The van der Waals surface area contributed by atoms with Gasteiger partial charge < -0.3 is 24.3 Å². The van der Waals surface area contributed by atoms with Crippen molar-refractivity contribution in [2.24, 2.45) is 5.29 Å². The minimum absolute atomic E-state index is 0.0226. The molecule has 170 valence electrons. The molecular weight excluding hydrogens is 414 g/mol. The highest BCUT2D eigenvalue weighted by atomic mass is 16.5. The molecule has 2 amide bonds. The van der Waals surface area contributed by atoms with E-state index in [2.05, 4.69) is 10.6 Å². The average molecular weight is 441 g/mol. The highest BCUT2D eigenvalue weighted by Gasteiger charge is 2.33. The topological polar surface area (TPSA) is 98.7 Å². The van der Waals surface area contributed by atoms with Crippen LogP contribution >= 0.6 is 0 Å². The Hall–Kier alpha value is -3.49. The van der Waals surface area contributed by atoms with Crippen LogP contribution in [0.15, 0.2) is 29.6 Å². The summed E-state index contributed by atoms with van der Waals surface area (Å²) in [6.07, 6.45) is 1.56. The quantitative estimate of drug-likeness (QED) is 0.473. The lowest BCUT2D eigenvalue weighted by molar-refractivity contribution is 0.192. The maximum atomic E-state index is 12.6. The first-order valence-corrected chi connectivity index (χ1v) is 10.4. The molecule has 4 rings (SSSR count). The predicted molar refractivity (Wildman–Crippen MR) is 118 cm³/mol. The second kappa shape index (κ2) is 8.94. The number of rotatable bonds is 9. The van der Waals surface area contributed by atoms with Gasteiger partial charge in [0.15, 0.2) is 23.0 Å². The summed E-state index contributed by atoms with van der Waals surface area (Å²) in [6, 6.07) is 7.24. The van der Waals surface area contributed by atoms with Gasteiger partial charge in [0.05, 0.1) is 40.3 Å². The van der Waals surface area contributed by atoms with Crippen molar-refractivity contribution in [3.8, 4) is 23.0 Å². The lowest BCUT2D eigenvalue weighted by Crippen LogP contribution is -2.43. The molecule has 0 spiro atoms. The van der Waals surface area contributed by atoms with Crippen LogP contribution in [0.1, 0.15) is 34.1 Å². The van der Waals surface area contributed by atoms with Crippen molar-refractivity contribution in [1.29, 1.82) is 0 Å². The van der Waals surface area contributed by atoms with E-state index in [1.54, 1.807) is 28.4 Å². The Morgan fingerprint density at radius 2 is 1.34 bits per heavy atom. The minimum atomic E-state index is -0.497. The second-order valence-electron chi connectivity index (χ2n) is 7.96. The van der Waals surface area contributed by atoms with Crippen molar-refractivity contribution in [1.82, 2.24) is 10.3 Å². The smallest absolute Gasteiger partial charge is 0.340 e. The van der Waals surface area contributed by atoms with Gasteiger partial charge in [-0.25, -0.2) is 4.79 Å². The standard InChI is InChI=1S/C23H27N3O6/c1-29-19-7-13-5-15(17(13)9-21(19)31-3)11-24-23(27)26(25-28)12-16-6-14-8-20(30-2)22(32-4)10-18(14)16/h7-10,15-16H,5-6,11-12H2,1-4H3,(H,24,27). The zero-order valence-corrected chi connectivity index (χ0v) is 18.6. The second-order valence-corrected chi connectivity index (χ2v) is 7.96. The Bertz CT molecular complexity index is 1040. The van der Waals surface area contributed by atoms with Gasteiger partial charge in [-0.2, -0.15) is 5.01 Å². The average Bonchev–Trinajstić information content (AvgIpc) is 2.79. The van der Waals surface area contributed by atoms with E-state index in [0.717, 1.165) is 34.5 Å². The first-order chi connectivity index (χ1) is 15.5. The Morgan fingerprint density at radius 1 is 0.875 bits per heavy atom. The molecule has 0 saturated heterocycles. The monoisotopic (exact) mass is 441 g/mol. The van der Waals surface area contributed by atoms with Crippen LogP contribution in [0.4, 0.5) is 4.79 Å². The number of hydrogen-bond donors (Lipinski definition) is 1. The van der Waals surface area contributed by atoms with E-state index in [9.17, 15) is 9.70 Å². The fourth-order valence-electron chi connectivity index (χ4n) is 4.48. The van der Waals surface area contributed by atoms with Crippen LogP contribution in [0, 0.1) is 4.91 Å². The van der Waals surface area contributed by atoms with Gasteiger partial charge in [-0.1, -0.05) is 0 Å². The highest BCUT2D eigenvalue weighted by molar-refractivity contribution is 5.74. The van der Waals surface area contributed by atoms with Crippen molar-refractivity contribution in [2.75, 3.05) is 41.5 Å². The predicted octanol–water partition coefficient (Wildman–Crippen LogP) is 3.39. The van der Waals surface area contributed by atoms with Gasteiger partial charge >= 0.3 is 6.03 Å². The zero-order valence-electron chi connectivity index (χ0n) is 18.6. The molecule has 0 saturated carbocycles.